The molecule has 13 heavy (non-hydrogen) atoms. The van der Waals surface area contributed by atoms with Crippen LogP contribution in [0.25, 0.3) is 0 Å². The Morgan fingerprint density at radius 2 is 1.54 bits per heavy atom. The van der Waals surface area contributed by atoms with Crippen molar-refractivity contribution < 1.29 is 0 Å². The summed E-state index contributed by atoms with van der Waals surface area (Å²) >= 11 is 7.46. The van der Waals surface area contributed by atoms with E-state index in [0.717, 1.165) is 0 Å². The SMILES string of the molecule is CC1(C)C(c2ccccc2)C1(Br)Br. The Balaban J connectivity index is 2.33. The Morgan fingerprint density at radius 3 is 1.92 bits per heavy atom. The molecule has 0 amide bonds. The molecule has 1 unspecified atom stereocenters. The van der Waals surface area contributed by atoms with Crippen molar-refractivity contribution in [3.05, 3.63) is 35.9 Å². The molecule has 0 aliphatic heterocycles. The lowest BCUT2D eigenvalue weighted by molar-refractivity contribution is 0.621. The van der Waals surface area contributed by atoms with Crippen molar-refractivity contribution in [2.75, 3.05) is 0 Å². The highest BCUT2D eigenvalue weighted by atomic mass is 79.9. The molecule has 1 aromatic rings. The third-order valence-electron chi connectivity index (χ3n) is 2.99. The first-order chi connectivity index (χ1) is 5.98. The number of benzene rings is 1. The zero-order chi connectivity index (χ0) is 9.69. The van der Waals surface area contributed by atoms with Gasteiger partial charge in [-0.1, -0.05) is 76.0 Å². The molecular formula is C11H12Br2. The van der Waals surface area contributed by atoms with Crippen molar-refractivity contribution >= 4 is 31.9 Å². The van der Waals surface area contributed by atoms with E-state index in [1.807, 2.05) is 0 Å². The third kappa shape index (κ3) is 1.30. The van der Waals surface area contributed by atoms with Gasteiger partial charge in [0, 0.05) is 5.92 Å². The highest BCUT2D eigenvalue weighted by Crippen LogP contribution is 2.75. The average molecular weight is 304 g/mol. The monoisotopic (exact) mass is 302 g/mol. The van der Waals surface area contributed by atoms with Crippen LogP contribution in [0.1, 0.15) is 25.3 Å². The van der Waals surface area contributed by atoms with Gasteiger partial charge in [-0.2, -0.15) is 0 Å². The Morgan fingerprint density at radius 1 is 1.08 bits per heavy atom. The minimum Gasteiger partial charge on any atom is -0.0714 e. The Bertz CT molecular complexity index is 300. The Labute approximate surface area is 96.0 Å². The predicted molar refractivity (Wildman–Crippen MR) is 63.5 cm³/mol. The molecule has 2 heteroatoms. The minimum absolute atomic E-state index is 0.0916. The Hall–Kier alpha value is 0.180. The average Bonchev–Trinajstić information content (AvgIpc) is 2.44. The van der Waals surface area contributed by atoms with E-state index < -0.39 is 0 Å². The summed E-state index contributed by atoms with van der Waals surface area (Å²) in [5.74, 6) is 0.571. The molecule has 0 N–H and O–H groups in total. The molecule has 1 aliphatic carbocycles. The van der Waals surface area contributed by atoms with Crippen molar-refractivity contribution in [2.24, 2.45) is 5.41 Å². The summed E-state index contributed by atoms with van der Waals surface area (Å²) in [6.45, 7) is 4.54. The van der Waals surface area contributed by atoms with Crippen LogP contribution in [-0.4, -0.2) is 3.23 Å². The minimum atomic E-state index is 0.0916. The molecule has 70 valence electrons. The fraction of sp³-hybridized carbons (Fsp3) is 0.455. The van der Waals surface area contributed by atoms with Gasteiger partial charge in [-0.25, -0.2) is 0 Å². The van der Waals surface area contributed by atoms with Crippen LogP contribution in [0.5, 0.6) is 0 Å². The molecule has 0 heterocycles. The lowest BCUT2D eigenvalue weighted by Crippen LogP contribution is -1.94. The molecule has 0 nitrogen and oxygen atoms in total. The van der Waals surface area contributed by atoms with E-state index in [1.54, 1.807) is 0 Å². The summed E-state index contributed by atoms with van der Waals surface area (Å²) in [7, 11) is 0. The van der Waals surface area contributed by atoms with Crippen molar-refractivity contribution in [1.29, 1.82) is 0 Å². The zero-order valence-electron chi connectivity index (χ0n) is 7.72. The van der Waals surface area contributed by atoms with Crippen LogP contribution >= 0.6 is 31.9 Å². The fourth-order valence-electron chi connectivity index (χ4n) is 1.93. The van der Waals surface area contributed by atoms with Crippen LogP contribution in [0.2, 0.25) is 0 Å². The summed E-state index contributed by atoms with van der Waals surface area (Å²) in [5.41, 5.74) is 1.70. The van der Waals surface area contributed by atoms with Crippen LogP contribution in [0.4, 0.5) is 0 Å². The lowest BCUT2D eigenvalue weighted by atomic mass is 10.0. The summed E-state index contributed by atoms with van der Waals surface area (Å²) < 4.78 is 0.0916. The highest BCUT2D eigenvalue weighted by molar-refractivity contribution is 9.25. The maximum atomic E-state index is 3.73. The quantitative estimate of drug-likeness (QED) is 0.679. The molecule has 1 atom stereocenters. The van der Waals surface area contributed by atoms with Crippen LogP contribution in [-0.2, 0) is 0 Å². The number of hydrogen-bond donors (Lipinski definition) is 0. The Kier molecular flexibility index (Phi) is 2.12. The van der Waals surface area contributed by atoms with Crippen molar-refractivity contribution in [1.82, 2.24) is 0 Å². The van der Waals surface area contributed by atoms with Crippen LogP contribution in [0.3, 0.4) is 0 Å². The summed E-state index contributed by atoms with van der Waals surface area (Å²) in [6.07, 6.45) is 0. The van der Waals surface area contributed by atoms with Gasteiger partial charge in [0.2, 0.25) is 0 Å². The molecule has 1 saturated carbocycles. The van der Waals surface area contributed by atoms with E-state index in [2.05, 4.69) is 76.0 Å². The molecule has 1 aromatic carbocycles. The van der Waals surface area contributed by atoms with Crippen LogP contribution < -0.4 is 0 Å². The molecule has 0 spiro atoms. The maximum absolute atomic E-state index is 3.73. The molecule has 2 rings (SSSR count). The van der Waals surface area contributed by atoms with Gasteiger partial charge in [-0.3, -0.25) is 0 Å². The number of halogens is 2. The van der Waals surface area contributed by atoms with Gasteiger partial charge < -0.3 is 0 Å². The summed E-state index contributed by atoms with van der Waals surface area (Å²) in [5, 5.41) is 0. The summed E-state index contributed by atoms with van der Waals surface area (Å²) in [6, 6.07) is 10.6. The van der Waals surface area contributed by atoms with Crippen molar-refractivity contribution in [2.45, 2.75) is 23.0 Å². The van der Waals surface area contributed by atoms with Crippen molar-refractivity contribution in [3.8, 4) is 0 Å². The van der Waals surface area contributed by atoms with Gasteiger partial charge in [0.25, 0.3) is 0 Å². The van der Waals surface area contributed by atoms with Gasteiger partial charge in [0.15, 0.2) is 0 Å². The fourth-order valence-corrected chi connectivity index (χ4v) is 3.83. The number of hydrogen-bond acceptors (Lipinski definition) is 0. The topological polar surface area (TPSA) is 0 Å². The largest absolute Gasteiger partial charge is 0.0936 e. The van der Waals surface area contributed by atoms with Crippen LogP contribution in [0, 0.1) is 5.41 Å². The number of alkyl halides is 2. The first-order valence-electron chi connectivity index (χ1n) is 4.40. The molecule has 0 aromatic heterocycles. The molecule has 0 radical (unpaired) electrons. The van der Waals surface area contributed by atoms with Gasteiger partial charge in [-0.15, -0.1) is 0 Å². The first-order valence-corrected chi connectivity index (χ1v) is 5.99. The standard InChI is InChI=1S/C11H12Br2/c1-10(2)9(11(10,12)13)8-6-4-3-5-7-8/h3-7,9H,1-2H3. The zero-order valence-corrected chi connectivity index (χ0v) is 10.9. The second-order valence-corrected chi connectivity index (χ2v) is 7.75. The van der Waals surface area contributed by atoms with Gasteiger partial charge in [-0.05, 0) is 11.0 Å². The van der Waals surface area contributed by atoms with Gasteiger partial charge in [0.1, 0.15) is 0 Å². The smallest absolute Gasteiger partial charge is 0.0714 e. The third-order valence-corrected chi connectivity index (χ3v) is 5.95. The normalized spacial score (nSPS) is 28.5. The van der Waals surface area contributed by atoms with E-state index >= 15 is 0 Å². The molecule has 1 fully saturated rings. The van der Waals surface area contributed by atoms with E-state index in [4.69, 9.17) is 0 Å². The maximum Gasteiger partial charge on any atom is 0.0936 e. The van der Waals surface area contributed by atoms with E-state index in [1.165, 1.54) is 5.56 Å². The molecule has 0 bridgehead atoms. The lowest BCUT2D eigenvalue weighted by Gasteiger charge is -2.00. The second-order valence-electron chi connectivity index (χ2n) is 4.19. The van der Waals surface area contributed by atoms with E-state index in [9.17, 15) is 0 Å². The van der Waals surface area contributed by atoms with Gasteiger partial charge >= 0.3 is 0 Å². The molecule has 1 aliphatic rings. The van der Waals surface area contributed by atoms with Crippen molar-refractivity contribution in [3.63, 3.8) is 0 Å². The highest BCUT2D eigenvalue weighted by Gasteiger charge is 2.69. The summed E-state index contributed by atoms with van der Waals surface area (Å²) in [4.78, 5) is 0. The predicted octanol–water partition coefficient (Wildman–Crippen LogP) is 4.30. The number of rotatable bonds is 1. The molecular weight excluding hydrogens is 292 g/mol. The van der Waals surface area contributed by atoms with Gasteiger partial charge in [0.05, 0.1) is 3.23 Å². The van der Waals surface area contributed by atoms with E-state index in [0.29, 0.717) is 11.3 Å². The van der Waals surface area contributed by atoms with E-state index in [-0.39, 0.29) is 3.23 Å². The second kappa shape index (κ2) is 2.83. The van der Waals surface area contributed by atoms with Crippen LogP contribution in [0.15, 0.2) is 30.3 Å². The molecule has 0 saturated heterocycles. The first kappa shape index (κ1) is 9.72.